The zero-order valence-corrected chi connectivity index (χ0v) is 24.6. The molecule has 1 saturated carbocycles. The van der Waals surface area contributed by atoms with E-state index in [9.17, 15) is 9.59 Å². The molecule has 1 heterocycles. The van der Waals surface area contributed by atoms with Crippen molar-refractivity contribution in [2.75, 3.05) is 6.61 Å². The predicted octanol–water partition coefficient (Wildman–Crippen LogP) is 6.42. The molecule has 1 fully saturated rings. The lowest BCUT2D eigenvalue weighted by molar-refractivity contribution is 0.0878. The number of rotatable bonds is 9. The third kappa shape index (κ3) is 5.39. The lowest BCUT2D eigenvalue weighted by Crippen LogP contribution is -2.66. The first-order chi connectivity index (χ1) is 18.8. The minimum Gasteiger partial charge on any atom is -0.407 e. The number of aryl methyl sites for hydroxylation is 1. The van der Waals surface area contributed by atoms with Gasteiger partial charge in [-0.3, -0.25) is 14.9 Å². The summed E-state index contributed by atoms with van der Waals surface area (Å²) in [5.74, 6) is -0.527. The number of fused-ring (bicyclic) bond motifs is 1. The Hall–Kier alpha value is -3.02. The first kappa shape index (κ1) is 27.5. The molecule has 1 N–H and O–H groups in total. The van der Waals surface area contributed by atoms with Crippen molar-refractivity contribution < 1.29 is 14.0 Å². The second-order valence-corrected chi connectivity index (χ2v) is 16.8. The summed E-state index contributed by atoms with van der Waals surface area (Å²) in [4.78, 5) is 24.7. The van der Waals surface area contributed by atoms with E-state index in [2.05, 4.69) is 86.8 Å². The van der Waals surface area contributed by atoms with Gasteiger partial charge in [-0.05, 0) is 64.6 Å². The van der Waals surface area contributed by atoms with Crippen molar-refractivity contribution in [2.45, 2.75) is 77.2 Å². The van der Waals surface area contributed by atoms with Gasteiger partial charge in [0.2, 0.25) is 0 Å². The molecule has 0 bridgehead atoms. The lowest BCUT2D eigenvalue weighted by Gasteiger charge is -2.44. The second kappa shape index (κ2) is 11.2. The van der Waals surface area contributed by atoms with Crippen molar-refractivity contribution in [1.29, 1.82) is 0 Å². The fourth-order valence-electron chi connectivity index (χ4n) is 7.01. The molecule has 1 aliphatic heterocycles. The first-order valence-electron chi connectivity index (χ1n) is 14.5. The van der Waals surface area contributed by atoms with E-state index in [-0.39, 0.29) is 22.3 Å². The maximum absolute atomic E-state index is 12.5. The number of benzene rings is 3. The van der Waals surface area contributed by atoms with Gasteiger partial charge in [0, 0.05) is 6.61 Å². The van der Waals surface area contributed by atoms with Gasteiger partial charge < -0.3 is 4.43 Å². The Kier molecular flexibility index (Phi) is 7.93. The van der Waals surface area contributed by atoms with Gasteiger partial charge in [0.25, 0.3) is 20.1 Å². The van der Waals surface area contributed by atoms with E-state index < -0.39 is 8.32 Å². The van der Waals surface area contributed by atoms with Crippen LogP contribution in [0.15, 0.2) is 78.9 Å². The van der Waals surface area contributed by atoms with Gasteiger partial charge in [-0.15, -0.1) is 0 Å². The summed E-state index contributed by atoms with van der Waals surface area (Å²) in [5, 5.41) is 5.06. The van der Waals surface area contributed by atoms with Crippen LogP contribution in [0.3, 0.4) is 0 Å². The Morgan fingerprint density at radius 1 is 0.769 bits per heavy atom. The molecule has 3 aromatic rings. The van der Waals surface area contributed by atoms with Gasteiger partial charge in [0.15, 0.2) is 0 Å². The largest absolute Gasteiger partial charge is 0.407 e. The highest BCUT2D eigenvalue weighted by Crippen LogP contribution is 2.44. The molecule has 0 spiro atoms. The van der Waals surface area contributed by atoms with Crippen molar-refractivity contribution >= 4 is 30.5 Å². The maximum Gasteiger partial charge on any atom is 0.261 e. The molecule has 5 rings (SSSR count). The molecule has 1 aliphatic carbocycles. The summed E-state index contributed by atoms with van der Waals surface area (Å²) < 4.78 is 7.28. The zero-order chi connectivity index (χ0) is 27.5. The van der Waals surface area contributed by atoms with Crippen LogP contribution in [0.2, 0.25) is 5.04 Å². The molecule has 3 aromatic carbocycles. The third-order valence-corrected chi connectivity index (χ3v) is 14.1. The fourth-order valence-corrected chi connectivity index (χ4v) is 11.6. The van der Waals surface area contributed by atoms with Crippen LogP contribution in [0.1, 0.15) is 92.0 Å². The van der Waals surface area contributed by atoms with E-state index >= 15 is 0 Å². The number of imide groups is 1. The van der Waals surface area contributed by atoms with Gasteiger partial charge in [-0.1, -0.05) is 113 Å². The van der Waals surface area contributed by atoms with Crippen LogP contribution in [-0.4, -0.2) is 26.7 Å². The number of nitrogens with one attached hydrogen (secondary N) is 1. The van der Waals surface area contributed by atoms with Crippen molar-refractivity contribution in [3.05, 3.63) is 95.6 Å². The predicted molar refractivity (Wildman–Crippen MR) is 160 cm³/mol. The summed E-state index contributed by atoms with van der Waals surface area (Å²) in [6, 6.07) is 27.4. The quantitative estimate of drug-likeness (QED) is 0.252. The van der Waals surface area contributed by atoms with E-state index in [0.717, 1.165) is 31.4 Å². The molecule has 39 heavy (non-hydrogen) atoms. The highest BCUT2D eigenvalue weighted by molar-refractivity contribution is 6.99. The van der Waals surface area contributed by atoms with E-state index in [1.807, 2.05) is 12.1 Å². The topological polar surface area (TPSA) is 55.4 Å². The van der Waals surface area contributed by atoms with Crippen LogP contribution < -0.4 is 15.7 Å². The SMILES string of the molecule is CC(C)(C)[Si](OCCC1(CCc2cccc3c2C(=O)NC3=O)CCCCC1)(c1ccccc1)c1ccccc1. The monoisotopic (exact) mass is 539 g/mol. The minimum absolute atomic E-state index is 0.0417. The summed E-state index contributed by atoms with van der Waals surface area (Å²) >= 11 is 0. The van der Waals surface area contributed by atoms with E-state index in [4.69, 9.17) is 4.43 Å². The van der Waals surface area contributed by atoms with Crippen LogP contribution in [0, 0.1) is 5.41 Å². The minimum atomic E-state index is -2.57. The average Bonchev–Trinajstić information content (AvgIpc) is 3.24. The smallest absolute Gasteiger partial charge is 0.261 e. The van der Waals surface area contributed by atoms with Gasteiger partial charge in [-0.2, -0.15) is 0 Å². The van der Waals surface area contributed by atoms with Gasteiger partial charge in [-0.25, -0.2) is 0 Å². The van der Waals surface area contributed by atoms with Crippen LogP contribution in [0.4, 0.5) is 0 Å². The zero-order valence-electron chi connectivity index (χ0n) is 23.6. The Morgan fingerprint density at radius 2 is 1.38 bits per heavy atom. The molecule has 0 saturated heterocycles. The molecule has 204 valence electrons. The Labute approximate surface area is 234 Å². The average molecular weight is 540 g/mol. The van der Waals surface area contributed by atoms with Crippen LogP contribution in [0.5, 0.6) is 0 Å². The molecule has 0 aromatic heterocycles. The molecular weight excluding hydrogens is 498 g/mol. The van der Waals surface area contributed by atoms with Crippen molar-refractivity contribution in [3.8, 4) is 0 Å². The molecular formula is C34H41NO3Si. The third-order valence-electron chi connectivity index (χ3n) is 9.06. The number of carbonyl (C=O) groups excluding carboxylic acids is 2. The van der Waals surface area contributed by atoms with Gasteiger partial charge in [0.1, 0.15) is 0 Å². The van der Waals surface area contributed by atoms with E-state index in [0.29, 0.717) is 11.1 Å². The first-order valence-corrected chi connectivity index (χ1v) is 16.4. The van der Waals surface area contributed by atoms with E-state index in [1.54, 1.807) is 6.07 Å². The lowest BCUT2D eigenvalue weighted by atomic mass is 9.68. The number of hydrogen-bond acceptors (Lipinski definition) is 3. The maximum atomic E-state index is 12.5. The van der Waals surface area contributed by atoms with Crippen molar-refractivity contribution in [2.24, 2.45) is 5.41 Å². The number of hydrogen-bond donors (Lipinski definition) is 1. The van der Waals surface area contributed by atoms with Crippen molar-refractivity contribution in [1.82, 2.24) is 5.32 Å². The van der Waals surface area contributed by atoms with E-state index in [1.165, 1.54) is 42.5 Å². The normalized spacial score (nSPS) is 17.1. The van der Waals surface area contributed by atoms with Crippen LogP contribution in [0.25, 0.3) is 0 Å². The summed E-state index contributed by atoms with van der Waals surface area (Å²) in [6.07, 6.45) is 8.98. The molecule has 5 heteroatoms. The molecule has 0 unspecified atom stereocenters. The molecule has 0 radical (unpaired) electrons. The highest BCUT2D eigenvalue weighted by Gasteiger charge is 2.50. The number of amides is 2. The van der Waals surface area contributed by atoms with Crippen LogP contribution in [-0.2, 0) is 10.8 Å². The Balaban J connectivity index is 1.40. The summed E-state index contributed by atoms with van der Waals surface area (Å²) in [6.45, 7) is 7.72. The highest BCUT2D eigenvalue weighted by atomic mass is 28.4. The Bertz CT molecular complexity index is 1270. The fraction of sp³-hybridized carbons (Fsp3) is 0.412. The van der Waals surface area contributed by atoms with Crippen molar-refractivity contribution in [3.63, 3.8) is 0 Å². The Morgan fingerprint density at radius 3 is 1.97 bits per heavy atom. The standard InChI is InChI=1S/C34H41NO3Si/c1-33(2,3)39(27-15-7-4-8-16-27,28-17-9-5-10-18-28)38-25-24-34(21-11-6-12-22-34)23-20-26-14-13-19-29-30(26)32(37)35-31(29)36/h4-5,7-10,13-19H,6,11-12,20-25H2,1-3H3,(H,35,36,37). The van der Waals surface area contributed by atoms with Gasteiger partial charge >= 0.3 is 0 Å². The molecule has 0 atom stereocenters. The second-order valence-electron chi connectivity index (χ2n) is 12.4. The summed E-state index contributed by atoms with van der Waals surface area (Å²) in [7, 11) is -2.57. The number of carbonyl (C=O) groups is 2. The molecule has 4 nitrogen and oxygen atoms in total. The molecule has 2 amide bonds. The summed E-state index contributed by atoms with van der Waals surface area (Å²) in [5.41, 5.74) is 2.28. The van der Waals surface area contributed by atoms with Crippen LogP contribution >= 0.6 is 0 Å². The van der Waals surface area contributed by atoms with Gasteiger partial charge in [0.05, 0.1) is 11.1 Å². The molecule has 2 aliphatic rings.